The third-order valence-electron chi connectivity index (χ3n) is 4.96. The quantitative estimate of drug-likeness (QED) is 0.415. The molecule has 0 saturated heterocycles. The number of nitriles is 4. The van der Waals surface area contributed by atoms with Crippen LogP contribution in [0.25, 0.3) is 44.3 Å². The first kappa shape index (κ1) is 15.5. The highest BCUT2D eigenvalue weighted by Crippen LogP contribution is 2.47. The van der Waals surface area contributed by atoms with Gasteiger partial charge in [0.2, 0.25) is 0 Å². The molecule has 5 rings (SSSR count). The highest BCUT2D eigenvalue weighted by Gasteiger charge is 2.27. The van der Waals surface area contributed by atoms with Crippen molar-refractivity contribution in [2.75, 3.05) is 0 Å². The fourth-order valence-corrected chi connectivity index (χ4v) is 3.74. The fraction of sp³-hybridized carbons (Fsp3) is 0. The molecule has 28 heavy (non-hydrogen) atoms. The van der Waals surface area contributed by atoms with E-state index in [1.807, 2.05) is 24.3 Å². The minimum atomic E-state index is 0.247. The van der Waals surface area contributed by atoms with Crippen molar-refractivity contribution in [2.45, 2.75) is 0 Å². The standard InChI is InChI=1S/C22H6N6/c23-7-11-1-3-15-20-16(4-2-12(8-24)19(11)20)22-21(15)27-17-5-13(9-25)14(10-26)6-18(17)28-22/h1-6H. The monoisotopic (exact) mass is 354 g/mol. The number of nitrogens with zero attached hydrogens (tertiary/aromatic N) is 6. The van der Waals surface area contributed by atoms with E-state index in [2.05, 4.69) is 12.1 Å². The van der Waals surface area contributed by atoms with Crippen LogP contribution in [-0.2, 0) is 0 Å². The molecule has 1 aliphatic carbocycles. The number of benzene rings is 3. The zero-order valence-electron chi connectivity index (χ0n) is 14.1. The summed E-state index contributed by atoms with van der Waals surface area (Å²) in [6.45, 7) is 0. The molecule has 1 aliphatic rings. The molecule has 0 fully saturated rings. The maximum absolute atomic E-state index is 9.49. The molecule has 0 atom stereocenters. The first-order valence-corrected chi connectivity index (χ1v) is 8.26. The van der Waals surface area contributed by atoms with Crippen LogP contribution >= 0.6 is 0 Å². The summed E-state index contributed by atoms with van der Waals surface area (Å²) in [5.41, 5.74) is 5.25. The molecule has 0 spiro atoms. The molecular weight excluding hydrogens is 348 g/mol. The molecule has 6 nitrogen and oxygen atoms in total. The molecule has 0 aliphatic heterocycles. The van der Waals surface area contributed by atoms with Gasteiger partial charge in [0.25, 0.3) is 0 Å². The molecule has 0 radical (unpaired) electrons. The molecule has 3 aromatic carbocycles. The van der Waals surface area contributed by atoms with E-state index < -0.39 is 0 Å². The SMILES string of the molecule is N#Cc1cc2nc3c(nc2cc1C#N)-c1ccc(C#N)c2c(C#N)ccc-3c12. The molecule has 0 N–H and O–H groups in total. The largest absolute Gasteiger partial charge is 0.244 e. The average Bonchev–Trinajstić information content (AvgIpc) is 3.05. The van der Waals surface area contributed by atoms with Crippen molar-refractivity contribution in [1.29, 1.82) is 21.0 Å². The highest BCUT2D eigenvalue weighted by molar-refractivity contribution is 6.17. The predicted octanol–water partition coefficient (Wildman–Crippen LogP) is 3.92. The lowest BCUT2D eigenvalue weighted by atomic mass is 9.96. The van der Waals surface area contributed by atoms with Gasteiger partial charge in [-0.05, 0) is 24.3 Å². The van der Waals surface area contributed by atoms with E-state index in [4.69, 9.17) is 9.97 Å². The lowest BCUT2D eigenvalue weighted by Crippen LogP contribution is -1.93. The number of aromatic nitrogens is 2. The Hall–Kier alpha value is -4.78. The molecular formula is C22H6N6. The smallest absolute Gasteiger partial charge is 0.101 e. The first-order valence-electron chi connectivity index (χ1n) is 8.26. The molecule has 1 aromatic heterocycles. The van der Waals surface area contributed by atoms with Gasteiger partial charge in [-0.3, -0.25) is 0 Å². The summed E-state index contributed by atoms with van der Waals surface area (Å²) in [5.74, 6) is 0. The minimum Gasteiger partial charge on any atom is -0.244 e. The van der Waals surface area contributed by atoms with Gasteiger partial charge in [0.1, 0.15) is 12.1 Å². The van der Waals surface area contributed by atoms with Crippen LogP contribution in [0, 0.1) is 45.3 Å². The van der Waals surface area contributed by atoms with Gasteiger partial charge >= 0.3 is 0 Å². The van der Waals surface area contributed by atoms with Crippen LogP contribution in [0.2, 0.25) is 0 Å². The zero-order chi connectivity index (χ0) is 19.4. The van der Waals surface area contributed by atoms with Gasteiger partial charge in [-0.15, -0.1) is 0 Å². The van der Waals surface area contributed by atoms with Crippen molar-refractivity contribution >= 4 is 21.8 Å². The van der Waals surface area contributed by atoms with E-state index >= 15 is 0 Å². The summed E-state index contributed by atoms with van der Waals surface area (Å²) < 4.78 is 0. The van der Waals surface area contributed by atoms with E-state index in [0.717, 1.165) is 16.5 Å². The normalized spacial score (nSPS) is 10.7. The van der Waals surface area contributed by atoms with Crippen LogP contribution in [0.1, 0.15) is 22.3 Å². The van der Waals surface area contributed by atoms with Crippen LogP contribution in [0.3, 0.4) is 0 Å². The average molecular weight is 354 g/mol. The van der Waals surface area contributed by atoms with E-state index in [0.29, 0.717) is 38.9 Å². The maximum Gasteiger partial charge on any atom is 0.101 e. The van der Waals surface area contributed by atoms with Crippen molar-refractivity contribution in [3.8, 4) is 46.8 Å². The second kappa shape index (κ2) is 5.36. The Balaban J connectivity index is 1.94. The third kappa shape index (κ3) is 1.81. The lowest BCUT2D eigenvalue weighted by molar-refractivity contribution is 1.31. The second-order valence-electron chi connectivity index (χ2n) is 6.33. The summed E-state index contributed by atoms with van der Waals surface area (Å²) in [7, 11) is 0. The van der Waals surface area contributed by atoms with Gasteiger partial charge in [-0.2, -0.15) is 21.0 Å². The Kier molecular flexibility index (Phi) is 2.96. The summed E-state index contributed by atoms with van der Waals surface area (Å²) in [6.07, 6.45) is 0. The Morgan fingerprint density at radius 1 is 0.536 bits per heavy atom. The topological polar surface area (TPSA) is 121 Å². The minimum absolute atomic E-state index is 0.247. The number of fused-ring (bicyclic) bond motifs is 4. The number of rotatable bonds is 0. The molecule has 1 heterocycles. The van der Waals surface area contributed by atoms with Gasteiger partial charge in [-0.1, -0.05) is 12.1 Å². The van der Waals surface area contributed by atoms with E-state index in [1.54, 1.807) is 24.3 Å². The van der Waals surface area contributed by atoms with Crippen molar-refractivity contribution in [2.24, 2.45) is 0 Å². The lowest BCUT2D eigenvalue weighted by Gasteiger charge is -2.05. The molecule has 0 unspecified atom stereocenters. The second-order valence-corrected chi connectivity index (χ2v) is 6.33. The molecule has 124 valence electrons. The Morgan fingerprint density at radius 3 is 1.36 bits per heavy atom. The van der Waals surface area contributed by atoms with Crippen LogP contribution in [0.15, 0.2) is 36.4 Å². The molecule has 0 saturated carbocycles. The summed E-state index contributed by atoms with van der Waals surface area (Å²) in [6, 6.07) is 18.4. The van der Waals surface area contributed by atoms with Crippen LogP contribution < -0.4 is 0 Å². The van der Waals surface area contributed by atoms with Gasteiger partial charge in [-0.25, -0.2) is 9.97 Å². The molecule has 4 aromatic rings. The van der Waals surface area contributed by atoms with Gasteiger partial charge in [0.15, 0.2) is 0 Å². The summed E-state index contributed by atoms with van der Waals surface area (Å²) in [4.78, 5) is 9.40. The van der Waals surface area contributed by atoms with Crippen LogP contribution in [0.5, 0.6) is 0 Å². The van der Waals surface area contributed by atoms with E-state index in [-0.39, 0.29) is 11.1 Å². The van der Waals surface area contributed by atoms with Crippen molar-refractivity contribution in [3.63, 3.8) is 0 Å². The first-order chi connectivity index (χ1) is 13.7. The maximum atomic E-state index is 9.49. The summed E-state index contributed by atoms with van der Waals surface area (Å²) in [5, 5.41) is 38.9. The van der Waals surface area contributed by atoms with E-state index in [9.17, 15) is 21.0 Å². The molecule has 0 amide bonds. The highest BCUT2D eigenvalue weighted by atomic mass is 14.8. The zero-order valence-corrected chi connectivity index (χ0v) is 14.1. The number of hydrogen-bond donors (Lipinski definition) is 0. The Labute approximate surface area is 158 Å². The van der Waals surface area contributed by atoms with Gasteiger partial charge in [0.05, 0.1) is 56.8 Å². The third-order valence-corrected chi connectivity index (χ3v) is 4.96. The Morgan fingerprint density at radius 2 is 0.964 bits per heavy atom. The molecule has 6 heteroatoms. The van der Waals surface area contributed by atoms with Crippen LogP contribution in [-0.4, -0.2) is 9.97 Å². The van der Waals surface area contributed by atoms with Gasteiger partial charge < -0.3 is 0 Å². The van der Waals surface area contributed by atoms with Crippen molar-refractivity contribution in [1.82, 2.24) is 9.97 Å². The predicted molar refractivity (Wildman–Crippen MR) is 100 cm³/mol. The van der Waals surface area contributed by atoms with Crippen molar-refractivity contribution < 1.29 is 0 Å². The van der Waals surface area contributed by atoms with Crippen LogP contribution in [0.4, 0.5) is 0 Å². The summed E-state index contributed by atoms with van der Waals surface area (Å²) >= 11 is 0. The Bertz CT molecular complexity index is 1440. The molecule has 0 bridgehead atoms. The fourth-order valence-electron chi connectivity index (χ4n) is 3.74. The van der Waals surface area contributed by atoms with E-state index in [1.165, 1.54) is 0 Å². The van der Waals surface area contributed by atoms with Crippen molar-refractivity contribution in [3.05, 3.63) is 58.7 Å². The number of hydrogen-bond acceptors (Lipinski definition) is 6. The van der Waals surface area contributed by atoms with Gasteiger partial charge in [0, 0.05) is 21.9 Å².